The van der Waals surface area contributed by atoms with Crippen LogP contribution in [0.15, 0.2) is 24.4 Å². The number of hydrogen-bond acceptors (Lipinski definition) is 5. The maximum Gasteiger partial charge on any atom is 0.412 e. The number of hydrogen-bond donors (Lipinski definition) is 3. The fourth-order valence-corrected chi connectivity index (χ4v) is 1.87. The highest BCUT2D eigenvalue weighted by atomic mass is 16.6. The van der Waals surface area contributed by atoms with Crippen LogP contribution in [0.5, 0.6) is 5.75 Å². The molecule has 2 aromatic rings. The summed E-state index contributed by atoms with van der Waals surface area (Å²) in [6, 6.07) is 5.25. The fraction of sp³-hybridized carbons (Fsp3) is 0.333. The molecule has 1 heterocycles. The lowest BCUT2D eigenvalue weighted by Crippen LogP contribution is -2.27. The third-order valence-electron chi connectivity index (χ3n) is 2.75. The number of nitrogen functional groups attached to an aromatic ring is 1. The Morgan fingerprint density at radius 2 is 2.09 bits per heavy atom. The number of amides is 1. The number of benzene rings is 1. The molecule has 0 spiro atoms. The van der Waals surface area contributed by atoms with Gasteiger partial charge < -0.3 is 20.2 Å². The minimum atomic E-state index is -0.574. The molecular formula is C15H20N4O3. The van der Waals surface area contributed by atoms with Crippen molar-refractivity contribution in [2.45, 2.75) is 26.4 Å². The first-order valence-electron chi connectivity index (χ1n) is 6.77. The normalized spacial score (nSPS) is 11.1. The zero-order valence-electron chi connectivity index (χ0n) is 13.1. The number of rotatable bonds is 3. The van der Waals surface area contributed by atoms with Crippen molar-refractivity contribution in [2.24, 2.45) is 0 Å². The quantitative estimate of drug-likeness (QED) is 0.809. The number of methoxy groups -OCH3 is 1. The summed E-state index contributed by atoms with van der Waals surface area (Å²) in [5.74, 6) is 0.943. The van der Waals surface area contributed by atoms with Crippen molar-refractivity contribution in [2.75, 3.05) is 18.2 Å². The summed E-state index contributed by atoms with van der Waals surface area (Å²) in [4.78, 5) is 18.8. The van der Waals surface area contributed by atoms with Crippen molar-refractivity contribution in [1.29, 1.82) is 0 Å². The SMILES string of the molecule is COc1ccc(NC(=O)OC(C)(C)C)c(-c2cnc(N)[nH]2)c1. The summed E-state index contributed by atoms with van der Waals surface area (Å²) in [5.41, 5.74) is 6.98. The molecule has 1 amide bonds. The monoisotopic (exact) mass is 304 g/mol. The third-order valence-corrected chi connectivity index (χ3v) is 2.75. The van der Waals surface area contributed by atoms with E-state index in [1.54, 1.807) is 52.3 Å². The van der Waals surface area contributed by atoms with Crippen molar-refractivity contribution >= 4 is 17.7 Å². The van der Waals surface area contributed by atoms with Gasteiger partial charge in [-0.05, 0) is 39.0 Å². The summed E-state index contributed by atoms with van der Waals surface area (Å²) in [6.07, 6.45) is 1.05. The number of nitrogens with two attached hydrogens (primary N) is 1. The molecule has 1 aromatic carbocycles. The van der Waals surface area contributed by atoms with Crippen LogP contribution in [0.1, 0.15) is 20.8 Å². The van der Waals surface area contributed by atoms with Crippen LogP contribution in [0.4, 0.5) is 16.4 Å². The van der Waals surface area contributed by atoms with Crippen LogP contribution in [-0.4, -0.2) is 28.8 Å². The zero-order valence-corrected chi connectivity index (χ0v) is 13.1. The number of ether oxygens (including phenoxy) is 2. The second kappa shape index (κ2) is 5.97. The van der Waals surface area contributed by atoms with Crippen molar-refractivity contribution in [3.63, 3.8) is 0 Å². The first-order chi connectivity index (χ1) is 10.3. The van der Waals surface area contributed by atoms with Gasteiger partial charge >= 0.3 is 6.09 Å². The van der Waals surface area contributed by atoms with E-state index in [9.17, 15) is 4.79 Å². The van der Waals surface area contributed by atoms with E-state index in [2.05, 4.69) is 15.3 Å². The van der Waals surface area contributed by atoms with Crippen LogP contribution < -0.4 is 15.8 Å². The molecule has 7 nitrogen and oxygen atoms in total. The van der Waals surface area contributed by atoms with Crippen LogP contribution in [0.2, 0.25) is 0 Å². The second-order valence-corrected chi connectivity index (χ2v) is 5.72. The van der Waals surface area contributed by atoms with Crippen LogP contribution >= 0.6 is 0 Å². The number of carbonyl (C=O) groups is 1. The molecule has 0 fully saturated rings. The molecule has 0 aliphatic carbocycles. The number of imidazole rings is 1. The van der Waals surface area contributed by atoms with E-state index in [0.717, 1.165) is 0 Å². The molecule has 4 N–H and O–H groups in total. The van der Waals surface area contributed by atoms with Gasteiger partial charge in [-0.3, -0.25) is 5.32 Å². The summed E-state index contributed by atoms with van der Waals surface area (Å²) < 4.78 is 10.5. The Hall–Kier alpha value is -2.70. The topological polar surface area (TPSA) is 102 Å². The molecule has 0 bridgehead atoms. The molecule has 7 heteroatoms. The van der Waals surface area contributed by atoms with Gasteiger partial charge in [-0.15, -0.1) is 0 Å². The summed E-state index contributed by atoms with van der Waals surface area (Å²) in [5, 5.41) is 2.72. The van der Waals surface area contributed by atoms with Crippen LogP contribution in [0, 0.1) is 0 Å². The molecule has 0 radical (unpaired) electrons. The van der Waals surface area contributed by atoms with Gasteiger partial charge in [-0.2, -0.15) is 0 Å². The highest BCUT2D eigenvalue weighted by Gasteiger charge is 2.18. The van der Waals surface area contributed by atoms with Crippen molar-refractivity contribution in [3.8, 4) is 17.0 Å². The average Bonchev–Trinajstić information content (AvgIpc) is 2.83. The van der Waals surface area contributed by atoms with Crippen LogP contribution in [0.3, 0.4) is 0 Å². The Kier molecular flexibility index (Phi) is 4.25. The molecule has 0 atom stereocenters. The molecule has 0 unspecified atom stereocenters. The molecule has 118 valence electrons. The van der Waals surface area contributed by atoms with Gasteiger partial charge in [0.05, 0.1) is 24.7 Å². The van der Waals surface area contributed by atoms with E-state index >= 15 is 0 Å². The highest BCUT2D eigenvalue weighted by Crippen LogP contribution is 2.31. The van der Waals surface area contributed by atoms with Crippen molar-refractivity contribution < 1.29 is 14.3 Å². The lowest BCUT2D eigenvalue weighted by molar-refractivity contribution is 0.0636. The van der Waals surface area contributed by atoms with Crippen molar-refractivity contribution in [1.82, 2.24) is 9.97 Å². The summed E-state index contributed by atoms with van der Waals surface area (Å²) in [6.45, 7) is 5.41. The minimum Gasteiger partial charge on any atom is -0.497 e. The lowest BCUT2D eigenvalue weighted by Gasteiger charge is -2.20. The van der Waals surface area contributed by atoms with Crippen LogP contribution in [0.25, 0.3) is 11.3 Å². The Labute approximate surface area is 128 Å². The van der Waals surface area contributed by atoms with Crippen molar-refractivity contribution in [3.05, 3.63) is 24.4 Å². The Bertz CT molecular complexity index is 674. The number of aromatic amines is 1. The number of nitrogens with one attached hydrogen (secondary N) is 2. The van der Waals surface area contributed by atoms with E-state index in [4.69, 9.17) is 15.2 Å². The molecule has 0 saturated carbocycles. The van der Waals surface area contributed by atoms with Gasteiger partial charge in [0.1, 0.15) is 11.4 Å². The Morgan fingerprint density at radius 1 is 1.36 bits per heavy atom. The number of H-pyrrole nitrogens is 1. The second-order valence-electron chi connectivity index (χ2n) is 5.72. The van der Waals surface area contributed by atoms with E-state index < -0.39 is 11.7 Å². The molecule has 1 aromatic heterocycles. The first kappa shape index (κ1) is 15.7. The van der Waals surface area contributed by atoms with E-state index in [1.807, 2.05) is 0 Å². The summed E-state index contributed by atoms with van der Waals surface area (Å²) >= 11 is 0. The van der Waals surface area contributed by atoms with Gasteiger partial charge in [0.25, 0.3) is 0 Å². The Balaban J connectivity index is 2.33. The number of anilines is 2. The maximum absolute atomic E-state index is 12.0. The van der Waals surface area contributed by atoms with E-state index in [1.165, 1.54) is 0 Å². The molecule has 0 aliphatic heterocycles. The molecule has 22 heavy (non-hydrogen) atoms. The van der Waals surface area contributed by atoms with E-state index in [-0.39, 0.29) is 0 Å². The lowest BCUT2D eigenvalue weighted by atomic mass is 10.1. The van der Waals surface area contributed by atoms with Gasteiger partial charge in [0, 0.05) is 5.56 Å². The fourth-order valence-electron chi connectivity index (χ4n) is 1.87. The van der Waals surface area contributed by atoms with Gasteiger partial charge in [-0.1, -0.05) is 0 Å². The highest BCUT2D eigenvalue weighted by molar-refractivity contribution is 5.91. The van der Waals surface area contributed by atoms with Gasteiger partial charge in [-0.25, -0.2) is 9.78 Å². The van der Waals surface area contributed by atoms with Gasteiger partial charge in [0.15, 0.2) is 5.95 Å². The van der Waals surface area contributed by atoms with E-state index in [0.29, 0.717) is 28.6 Å². The average molecular weight is 304 g/mol. The predicted molar refractivity (Wildman–Crippen MR) is 84.8 cm³/mol. The van der Waals surface area contributed by atoms with Gasteiger partial charge in [0.2, 0.25) is 0 Å². The largest absolute Gasteiger partial charge is 0.497 e. The molecule has 0 aliphatic rings. The number of carbonyl (C=O) groups excluding carboxylic acids is 1. The molecular weight excluding hydrogens is 284 g/mol. The standard InChI is InChI=1S/C15H20N4O3/c1-15(2,3)22-14(20)19-11-6-5-9(21-4)7-10(11)12-8-17-13(16)18-12/h5-8H,1-4H3,(H,19,20)(H3,16,17,18). The molecule has 2 rings (SSSR count). The number of aromatic nitrogens is 2. The zero-order chi connectivity index (χ0) is 16.3. The Morgan fingerprint density at radius 3 is 2.64 bits per heavy atom. The maximum atomic E-state index is 12.0. The summed E-state index contributed by atoms with van der Waals surface area (Å²) in [7, 11) is 1.57. The number of nitrogens with zero attached hydrogens (tertiary/aromatic N) is 1. The smallest absolute Gasteiger partial charge is 0.412 e. The first-order valence-corrected chi connectivity index (χ1v) is 6.77. The third kappa shape index (κ3) is 3.91. The predicted octanol–water partition coefficient (Wildman–Crippen LogP) is 3.01. The molecule has 0 saturated heterocycles. The minimum absolute atomic E-state index is 0.293. The van der Waals surface area contributed by atoms with Crippen LogP contribution in [-0.2, 0) is 4.74 Å².